The van der Waals surface area contributed by atoms with Crippen LogP contribution in [0.25, 0.3) is 45.3 Å². The Labute approximate surface area is 205 Å². The number of nitrogens with two attached hydrogens (primary N) is 1. The van der Waals surface area contributed by atoms with Crippen LogP contribution in [0, 0.1) is 0 Å². The maximum Gasteiger partial charge on any atom is 0.221 e. The summed E-state index contributed by atoms with van der Waals surface area (Å²) in [6, 6.07) is 35.7. The number of hydrogen-bond acceptors (Lipinski definition) is 1. The van der Waals surface area contributed by atoms with Crippen molar-refractivity contribution < 1.29 is 9.36 Å². The van der Waals surface area contributed by atoms with E-state index in [0.717, 1.165) is 22.4 Å². The van der Waals surface area contributed by atoms with Gasteiger partial charge in [0.25, 0.3) is 0 Å². The molecule has 0 atom stereocenters. The largest absolute Gasteiger partial charge is 0.369 e. The predicted octanol–water partition coefficient (Wildman–Crippen LogP) is 6.20. The van der Waals surface area contributed by atoms with Crippen LogP contribution in [0.15, 0.2) is 109 Å². The second-order valence-corrected chi connectivity index (χ2v) is 8.78. The quantitative estimate of drug-likeness (QED) is 0.305. The zero-order valence-electron chi connectivity index (χ0n) is 19.7. The highest BCUT2D eigenvalue weighted by Gasteiger charge is 2.16. The van der Waals surface area contributed by atoms with Crippen LogP contribution in [-0.4, -0.2) is 5.91 Å². The molecule has 5 rings (SSSR count). The SMILES string of the molecule is C[n+]1cc(-c2ccccc2)c(/C=C/c2ccc(CC(N)=O)cc2)cc1-c1ccc2ccccc2c1. The normalized spacial score (nSPS) is 11.2. The molecule has 5 aromatic rings. The first-order chi connectivity index (χ1) is 17.1. The molecule has 0 spiro atoms. The standard InChI is InChI=1S/C32H26N2O/c1-34-22-30(26-8-3-2-4-9-26)28(16-15-23-11-13-24(14-12-23)19-32(33)35)21-31(34)29-18-17-25-7-5-6-10-27(25)20-29/h2-18,20-22H,19H2,1H3,(H-,33,35)/p+1/b16-15+. The summed E-state index contributed by atoms with van der Waals surface area (Å²) in [5, 5.41) is 2.46. The molecule has 0 bridgehead atoms. The number of aromatic nitrogens is 1. The molecule has 0 radical (unpaired) electrons. The van der Waals surface area contributed by atoms with Crippen LogP contribution in [-0.2, 0) is 18.3 Å². The monoisotopic (exact) mass is 455 g/mol. The van der Waals surface area contributed by atoms with Crippen molar-refractivity contribution >= 4 is 28.8 Å². The summed E-state index contributed by atoms with van der Waals surface area (Å²) in [4.78, 5) is 11.2. The van der Waals surface area contributed by atoms with Gasteiger partial charge in [0.05, 0.1) is 12.0 Å². The molecule has 0 fully saturated rings. The summed E-state index contributed by atoms with van der Waals surface area (Å²) in [5.74, 6) is -0.320. The summed E-state index contributed by atoms with van der Waals surface area (Å²) in [7, 11) is 2.10. The van der Waals surface area contributed by atoms with Crippen LogP contribution in [0.5, 0.6) is 0 Å². The molecule has 3 heteroatoms. The van der Waals surface area contributed by atoms with Crippen molar-refractivity contribution in [2.45, 2.75) is 6.42 Å². The van der Waals surface area contributed by atoms with Gasteiger partial charge >= 0.3 is 0 Å². The molecular weight excluding hydrogens is 428 g/mol. The van der Waals surface area contributed by atoms with E-state index in [4.69, 9.17) is 5.73 Å². The molecule has 0 saturated carbocycles. The maximum absolute atomic E-state index is 11.2. The van der Waals surface area contributed by atoms with Crippen LogP contribution >= 0.6 is 0 Å². The number of hydrogen-bond donors (Lipinski definition) is 1. The lowest BCUT2D eigenvalue weighted by Crippen LogP contribution is -2.31. The van der Waals surface area contributed by atoms with Crippen molar-refractivity contribution in [1.29, 1.82) is 0 Å². The Hall–Kier alpha value is -4.50. The van der Waals surface area contributed by atoms with Gasteiger partial charge in [-0.05, 0) is 45.2 Å². The maximum atomic E-state index is 11.2. The Morgan fingerprint density at radius 1 is 0.771 bits per heavy atom. The Morgan fingerprint density at radius 3 is 2.23 bits per heavy atom. The van der Waals surface area contributed by atoms with E-state index < -0.39 is 0 Å². The number of rotatable bonds is 6. The Bertz CT molecular complexity index is 1530. The van der Waals surface area contributed by atoms with Gasteiger partial charge in [0, 0.05) is 11.6 Å². The third kappa shape index (κ3) is 5.04. The van der Waals surface area contributed by atoms with Crippen LogP contribution in [0.4, 0.5) is 0 Å². The number of fused-ring (bicyclic) bond motifs is 1. The van der Waals surface area contributed by atoms with Crippen molar-refractivity contribution in [2.75, 3.05) is 0 Å². The van der Waals surface area contributed by atoms with Gasteiger partial charge in [0.2, 0.25) is 11.6 Å². The lowest BCUT2D eigenvalue weighted by atomic mass is 9.97. The van der Waals surface area contributed by atoms with E-state index in [2.05, 4.69) is 103 Å². The zero-order chi connectivity index (χ0) is 24.2. The molecule has 0 aliphatic rings. The molecule has 1 aromatic heterocycles. The summed E-state index contributed by atoms with van der Waals surface area (Å²) < 4.78 is 2.20. The average molecular weight is 456 g/mol. The molecule has 2 N–H and O–H groups in total. The van der Waals surface area contributed by atoms with Gasteiger partial charge < -0.3 is 5.73 Å². The fourth-order valence-corrected chi connectivity index (χ4v) is 4.43. The summed E-state index contributed by atoms with van der Waals surface area (Å²) >= 11 is 0. The van der Waals surface area contributed by atoms with Crippen molar-refractivity contribution in [3.05, 3.63) is 126 Å². The average Bonchev–Trinajstić information content (AvgIpc) is 2.88. The van der Waals surface area contributed by atoms with Crippen LogP contribution in [0.2, 0.25) is 0 Å². The molecule has 0 aliphatic heterocycles. The van der Waals surface area contributed by atoms with Gasteiger partial charge in [0.1, 0.15) is 7.05 Å². The number of aryl methyl sites for hydroxylation is 1. The van der Waals surface area contributed by atoms with Gasteiger partial charge in [-0.3, -0.25) is 4.79 Å². The predicted molar refractivity (Wildman–Crippen MR) is 144 cm³/mol. The first-order valence-electron chi connectivity index (χ1n) is 11.7. The smallest absolute Gasteiger partial charge is 0.221 e. The van der Waals surface area contributed by atoms with Crippen LogP contribution in [0.3, 0.4) is 0 Å². The fourth-order valence-electron chi connectivity index (χ4n) is 4.43. The Kier molecular flexibility index (Phi) is 6.23. The third-order valence-electron chi connectivity index (χ3n) is 6.25. The number of primary amides is 1. The van der Waals surface area contributed by atoms with Gasteiger partial charge in [-0.15, -0.1) is 0 Å². The molecule has 1 heterocycles. The second-order valence-electron chi connectivity index (χ2n) is 8.78. The van der Waals surface area contributed by atoms with E-state index in [1.54, 1.807) is 0 Å². The van der Waals surface area contributed by atoms with Crippen molar-refractivity contribution in [3.8, 4) is 22.4 Å². The highest BCUT2D eigenvalue weighted by atomic mass is 16.1. The van der Waals surface area contributed by atoms with E-state index in [1.165, 1.54) is 27.5 Å². The minimum absolute atomic E-state index is 0.256. The molecule has 0 aliphatic carbocycles. The number of amides is 1. The molecular formula is C32H27N2O+. The van der Waals surface area contributed by atoms with E-state index in [0.29, 0.717) is 0 Å². The third-order valence-corrected chi connectivity index (χ3v) is 6.25. The molecule has 0 saturated heterocycles. The highest BCUT2D eigenvalue weighted by molar-refractivity contribution is 5.87. The number of nitrogens with zero attached hydrogens (tertiary/aromatic N) is 1. The second kappa shape index (κ2) is 9.78. The molecule has 170 valence electrons. The van der Waals surface area contributed by atoms with Gasteiger partial charge in [0.15, 0.2) is 6.20 Å². The van der Waals surface area contributed by atoms with Gasteiger partial charge in [-0.1, -0.05) is 97.1 Å². The van der Waals surface area contributed by atoms with Gasteiger partial charge in [-0.25, -0.2) is 4.57 Å². The van der Waals surface area contributed by atoms with Crippen molar-refractivity contribution in [2.24, 2.45) is 12.8 Å². The summed E-state index contributed by atoms with van der Waals surface area (Å²) in [6.07, 6.45) is 6.73. The van der Waals surface area contributed by atoms with E-state index in [9.17, 15) is 4.79 Å². The summed E-state index contributed by atoms with van der Waals surface area (Å²) in [6.45, 7) is 0. The lowest BCUT2D eigenvalue weighted by molar-refractivity contribution is -0.659. The van der Waals surface area contributed by atoms with E-state index in [-0.39, 0.29) is 12.3 Å². The summed E-state index contributed by atoms with van der Waals surface area (Å²) in [5.41, 5.74) is 13.1. The number of carbonyl (C=O) groups is 1. The van der Waals surface area contributed by atoms with Crippen LogP contribution in [0.1, 0.15) is 16.7 Å². The molecule has 0 unspecified atom stereocenters. The Morgan fingerprint density at radius 2 is 1.49 bits per heavy atom. The number of benzene rings is 4. The highest BCUT2D eigenvalue weighted by Crippen LogP contribution is 2.29. The first-order valence-corrected chi connectivity index (χ1v) is 11.7. The number of carbonyl (C=O) groups excluding carboxylic acids is 1. The zero-order valence-corrected chi connectivity index (χ0v) is 19.7. The van der Waals surface area contributed by atoms with E-state index >= 15 is 0 Å². The molecule has 35 heavy (non-hydrogen) atoms. The minimum Gasteiger partial charge on any atom is -0.369 e. The van der Waals surface area contributed by atoms with Crippen LogP contribution < -0.4 is 10.3 Å². The topological polar surface area (TPSA) is 47.0 Å². The minimum atomic E-state index is -0.320. The van der Waals surface area contributed by atoms with Gasteiger partial charge in [-0.2, -0.15) is 0 Å². The molecule has 4 aromatic carbocycles. The molecule has 3 nitrogen and oxygen atoms in total. The number of pyridine rings is 1. The fraction of sp³-hybridized carbons (Fsp3) is 0.0625. The van der Waals surface area contributed by atoms with E-state index in [1.807, 2.05) is 30.3 Å². The first kappa shape index (κ1) is 22.3. The molecule has 1 amide bonds. The lowest BCUT2D eigenvalue weighted by Gasteiger charge is -2.09. The Balaban J connectivity index is 1.58. The van der Waals surface area contributed by atoms with Crippen molar-refractivity contribution in [3.63, 3.8) is 0 Å². The van der Waals surface area contributed by atoms with Crippen molar-refractivity contribution in [1.82, 2.24) is 0 Å².